The van der Waals surface area contributed by atoms with Gasteiger partial charge in [0.2, 0.25) is 0 Å². The van der Waals surface area contributed by atoms with Crippen LogP contribution in [0.5, 0.6) is 0 Å². The first-order chi connectivity index (χ1) is 14.1. The van der Waals surface area contributed by atoms with Gasteiger partial charge in [-0.15, -0.1) is 11.3 Å². The van der Waals surface area contributed by atoms with E-state index in [1.165, 1.54) is 36.6 Å². The van der Waals surface area contributed by atoms with Crippen molar-refractivity contribution < 1.29 is 9.21 Å². The summed E-state index contributed by atoms with van der Waals surface area (Å²) >= 11 is 1.72. The van der Waals surface area contributed by atoms with Gasteiger partial charge in [-0.25, -0.2) is 0 Å². The quantitative estimate of drug-likeness (QED) is 0.672. The molecule has 29 heavy (non-hydrogen) atoms. The molecule has 1 amide bonds. The lowest BCUT2D eigenvalue weighted by molar-refractivity contribution is 0.0907. The Hall–Kier alpha value is -2.44. The van der Waals surface area contributed by atoms with Gasteiger partial charge in [-0.3, -0.25) is 14.5 Å². The summed E-state index contributed by atoms with van der Waals surface area (Å²) in [6.45, 7) is 4.51. The Labute approximate surface area is 174 Å². The van der Waals surface area contributed by atoms with E-state index < -0.39 is 0 Å². The lowest BCUT2D eigenvalue weighted by Crippen LogP contribution is -2.38. The average molecular weight is 411 g/mol. The van der Waals surface area contributed by atoms with Crippen molar-refractivity contribution in [2.24, 2.45) is 0 Å². The predicted octanol–water partition coefficient (Wildman–Crippen LogP) is 4.51. The third kappa shape index (κ3) is 4.60. The van der Waals surface area contributed by atoms with Crippen molar-refractivity contribution in [2.75, 3.05) is 19.6 Å². The highest BCUT2D eigenvalue weighted by Gasteiger charge is 2.24. The van der Waals surface area contributed by atoms with E-state index in [1.54, 1.807) is 23.5 Å². The first-order valence-corrected chi connectivity index (χ1v) is 11.1. The maximum absolute atomic E-state index is 12.8. The molecule has 152 valence electrons. The van der Waals surface area contributed by atoms with E-state index in [0.29, 0.717) is 17.5 Å². The molecule has 3 aromatic rings. The maximum Gasteiger partial charge on any atom is 0.287 e. The number of fused-ring (bicyclic) bond motifs is 1. The molecular formula is C23H26N2O3S. The second-order valence-electron chi connectivity index (χ2n) is 7.67. The largest absolute Gasteiger partial charge is 0.451 e. The van der Waals surface area contributed by atoms with E-state index in [1.807, 2.05) is 13.0 Å². The topological polar surface area (TPSA) is 62.6 Å². The van der Waals surface area contributed by atoms with Crippen molar-refractivity contribution in [1.82, 2.24) is 10.2 Å². The van der Waals surface area contributed by atoms with E-state index in [0.717, 1.165) is 18.7 Å². The highest BCUT2D eigenvalue weighted by atomic mass is 32.1. The first-order valence-electron chi connectivity index (χ1n) is 10.2. The van der Waals surface area contributed by atoms with Crippen LogP contribution in [0.4, 0.5) is 0 Å². The monoisotopic (exact) mass is 410 g/mol. The number of benzene rings is 1. The number of nitrogens with one attached hydrogen (secondary N) is 1. The van der Waals surface area contributed by atoms with E-state index >= 15 is 0 Å². The fraction of sp³-hybridized carbons (Fsp3) is 0.391. The van der Waals surface area contributed by atoms with Crippen LogP contribution >= 0.6 is 11.3 Å². The Bertz CT molecular complexity index is 1030. The summed E-state index contributed by atoms with van der Waals surface area (Å²) in [5.74, 6) is -0.284. The molecule has 1 fully saturated rings. The fourth-order valence-corrected chi connectivity index (χ4v) is 4.82. The first kappa shape index (κ1) is 19.9. The molecule has 1 aliphatic heterocycles. The number of thiophene rings is 1. The van der Waals surface area contributed by atoms with Crippen molar-refractivity contribution in [3.05, 3.63) is 68.2 Å². The second kappa shape index (κ2) is 8.93. The highest BCUT2D eigenvalue weighted by molar-refractivity contribution is 7.10. The molecule has 0 bridgehead atoms. The molecule has 3 heterocycles. The van der Waals surface area contributed by atoms with Crippen LogP contribution in [0.1, 0.15) is 52.7 Å². The summed E-state index contributed by atoms with van der Waals surface area (Å²) in [5, 5.41) is 5.58. The van der Waals surface area contributed by atoms with Crippen molar-refractivity contribution in [3.8, 4) is 0 Å². The zero-order valence-corrected chi connectivity index (χ0v) is 17.5. The molecule has 1 N–H and O–H groups in total. The van der Waals surface area contributed by atoms with Gasteiger partial charge in [0.25, 0.3) is 5.91 Å². The molecule has 1 saturated heterocycles. The van der Waals surface area contributed by atoms with Gasteiger partial charge < -0.3 is 9.73 Å². The predicted molar refractivity (Wildman–Crippen MR) is 117 cm³/mol. The van der Waals surface area contributed by atoms with E-state index in [4.69, 9.17) is 4.42 Å². The summed E-state index contributed by atoms with van der Waals surface area (Å²) in [5.41, 5.74) is 1.23. The molecular weight excluding hydrogens is 384 g/mol. The Kier molecular flexibility index (Phi) is 6.11. The second-order valence-corrected chi connectivity index (χ2v) is 8.65. The summed E-state index contributed by atoms with van der Waals surface area (Å²) in [6, 6.07) is 11.0. The van der Waals surface area contributed by atoms with Crippen molar-refractivity contribution in [3.63, 3.8) is 0 Å². The van der Waals surface area contributed by atoms with Gasteiger partial charge in [-0.2, -0.15) is 0 Å². The lowest BCUT2D eigenvalue weighted by atomic mass is 10.1. The maximum atomic E-state index is 12.8. The molecule has 2 aromatic heterocycles. The normalized spacial score (nSPS) is 16.4. The zero-order valence-electron chi connectivity index (χ0n) is 16.6. The van der Waals surface area contributed by atoms with Gasteiger partial charge in [-0.1, -0.05) is 30.5 Å². The minimum atomic E-state index is -0.346. The standard InChI is InChI=1S/C23H26N2O3S/c1-16-8-9-20-17(13-16)19(26)14-21(28-20)23(27)24-15-18(22-7-6-12-29-22)25-10-4-2-3-5-11-25/h6-9,12-14,18H,2-5,10-11,15H2,1H3,(H,24,27). The third-order valence-electron chi connectivity index (χ3n) is 5.52. The minimum Gasteiger partial charge on any atom is -0.451 e. The summed E-state index contributed by atoms with van der Waals surface area (Å²) < 4.78 is 5.72. The number of amides is 1. The van der Waals surface area contributed by atoms with Crippen LogP contribution in [0.15, 0.2) is 51.0 Å². The van der Waals surface area contributed by atoms with Gasteiger partial charge >= 0.3 is 0 Å². The molecule has 5 nitrogen and oxygen atoms in total. The molecule has 6 heteroatoms. The van der Waals surface area contributed by atoms with E-state index in [2.05, 4.69) is 27.7 Å². The van der Waals surface area contributed by atoms with Crippen LogP contribution in [0.2, 0.25) is 0 Å². The highest BCUT2D eigenvalue weighted by Crippen LogP contribution is 2.27. The van der Waals surface area contributed by atoms with Gasteiger partial charge in [0, 0.05) is 17.5 Å². The Morgan fingerprint density at radius 1 is 1.17 bits per heavy atom. The number of hydrogen-bond acceptors (Lipinski definition) is 5. The number of rotatable bonds is 5. The number of carbonyl (C=O) groups excluding carboxylic acids is 1. The van der Waals surface area contributed by atoms with Crippen molar-refractivity contribution >= 4 is 28.2 Å². The van der Waals surface area contributed by atoms with Gasteiger partial charge in [0.05, 0.1) is 11.4 Å². The van der Waals surface area contributed by atoms with Crippen LogP contribution in [-0.2, 0) is 0 Å². The third-order valence-corrected chi connectivity index (χ3v) is 6.49. The molecule has 0 aliphatic carbocycles. The number of aryl methyl sites for hydroxylation is 1. The van der Waals surface area contributed by atoms with Gasteiger partial charge in [0.1, 0.15) is 5.58 Å². The minimum absolute atomic E-state index is 0.0622. The Balaban J connectivity index is 1.52. The van der Waals surface area contributed by atoms with Crippen LogP contribution < -0.4 is 10.7 Å². The zero-order chi connectivity index (χ0) is 20.2. The van der Waals surface area contributed by atoms with Crippen molar-refractivity contribution in [1.29, 1.82) is 0 Å². The lowest BCUT2D eigenvalue weighted by Gasteiger charge is -2.30. The number of nitrogens with zero attached hydrogens (tertiary/aromatic N) is 1. The molecule has 1 unspecified atom stereocenters. The average Bonchev–Trinajstić information content (AvgIpc) is 3.11. The van der Waals surface area contributed by atoms with Crippen molar-refractivity contribution in [2.45, 2.75) is 38.6 Å². The molecule has 1 aliphatic rings. The van der Waals surface area contributed by atoms with Gasteiger partial charge in [-0.05, 0) is 56.4 Å². The molecule has 1 aromatic carbocycles. The molecule has 0 radical (unpaired) electrons. The molecule has 0 saturated carbocycles. The summed E-state index contributed by atoms with van der Waals surface area (Å²) in [7, 11) is 0. The van der Waals surface area contributed by atoms with E-state index in [-0.39, 0.29) is 23.1 Å². The van der Waals surface area contributed by atoms with Crippen LogP contribution in [0, 0.1) is 6.92 Å². The molecule has 1 atom stereocenters. The number of likely N-dealkylation sites (tertiary alicyclic amines) is 1. The molecule has 4 rings (SSSR count). The smallest absolute Gasteiger partial charge is 0.287 e. The van der Waals surface area contributed by atoms with Gasteiger partial charge in [0.15, 0.2) is 11.2 Å². The summed E-state index contributed by atoms with van der Waals surface area (Å²) in [4.78, 5) is 28.9. The van der Waals surface area contributed by atoms with E-state index in [9.17, 15) is 9.59 Å². The fourth-order valence-electron chi connectivity index (χ4n) is 3.96. The molecule has 0 spiro atoms. The summed E-state index contributed by atoms with van der Waals surface area (Å²) in [6.07, 6.45) is 4.91. The Morgan fingerprint density at radius 3 is 2.69 bits per heavy atom. The van der Waals surface area contributed by atoms with Crippen LogP contribution in [0.25, 0.3) is 11.0 Å². The Morgan fingerprint density at radius 2 is 1.97 bits per heavy atom. The number of carbonyl (C=O) groups is 1. The SMILES string of the molecule is Cc1ccc2oc(C(=O)NCC(c3cccs3)N3CCCCCC3)cc(=O)c2c1. The van der Waals surface area contributed by atoms with Crippen LogP contribution in [0.3, 0.4) is 0 Å². The number of hydrogen-bond donors (Lipinski definition) is 1. The van der Waals surface area contributed by atoms with Crippen LogP contribution in [-0.4, -0.2) is 30.4 Å².